The van der Waals surface area contributed by atoms with Crippen LogP contribution in [0.3, 0.4) is 0 Å². The lowest BCUT2D eigenvalue weighted by Gasteiger charge is -2.07. The predicted molar refractivity (Wildman–Crippen MR) is 89.1 cm³/mol. The molecule has 2 rings (SSSR count). The number of anilines is 1. The molecular formula is C15H20N4O4S. The predicted octanol–water partition coefficient (Wildman–Crippen LogP) is 1.88. The van der Waals surface area contributed by atoms with Gasteiger partial charge >= 0.3 is 0 Å². The fourth-order valence-corrected chi connectivity index (χ4v) is 2.42. The van der Waals surface area contributed by atoms with E-state index in [0.717, 1.165) is 0 Å². The van der Waals surface area contributed by atoms with Crippen LogP contribution in [0.4, 0.5) is 5.69 Å². The van der Waals surface area contributed by atoms with Crippen molar-refractivity contribution >= 4 is 21.6 Å². The highest BCUT2D eigenvalue weighted by Gasteiger charge is 2.12. The Bertz CT molecular complexity index is 797. The van der Waals surface area contributed by atoms with Crippen molar-refractivity contribution in [3.63, 3.8) is 0 Å². The van der Waals surface area contributed by atoms with Crippen molar-refractivity contribution < 1.29 is 17.7 Å². The van der Waals surface area contributed by atoms with Crippen LogP contribution in [-0.2, 0) is 16.6 Å². The normalized spacial score (nSPS) is 11.5. The topological polar surface area (TPSA) is 114 Å². The molecule has 0 unspecified atom stereocenters. The maximum atomic E-state index is 12.1. The van der Waals surface area contributed by atoms with E-state index < -0.39 is 10.0 Å². The Kier molecular flexibility index (Phi) is 5.55. The van der Waals surface area contributed by atoms with Crippen LogP contribution in [0.1, 0.15) is 48.8 Å². The number of aromatic nitrogens is 2. The molecule has 0 atom stereocenters. The zero-order valence-electron chi connectivity index (χ0n) is 13.7. The van der Waals surface area contributed by atoms with Gasteiger partial charge in [-0.15, -0.1) is 0 Å². The molecule has 8 nitrogen and oxygen atoms in total. The molecule has 0 saturated carbocycles. The molecule has 2 aromatic rings. The summed E-state index contributed by atoms with van der Waals surface area (Å²) >= 11 is 0. The molecule has 0 spiro atoms. The number of hydrogen-bond donors (Lipinski definition) is 2. The summed E-state index contributed by atoms with van der Waals surface area (Å²) < 4.78 is 30.4. The lowest BCUT2D eigenvalue weighted by Crippen LogP contribution is -2.23. The maximum Gasteiger partial charge on any atom is 0.251 e. The number of carbonyl (C=O) groups excluding carboxylic acids is 1. The summed E-state index contributed by atoms with van der Waals surface area (Å²) in [7, 11) is -3.33. The zero-order chi connectivity index (χ0) is 17.7. The van der Waals surface area contributed by atoms with Gasteiger partial charge < -0.3 is 9.84 Å². The molecule has 0 bridgehead atoms. The number of sulfonamides is 1. The molecule has 0 fully saturated rings. The van der Waals surface area contributed by atoms with E-state index in [4.69, 9.17) is 4.52 Å². The summed E-state index contributed by atoms with van der Waals surface area (Å²) in [6.45, 7) is 5.57. The summed E-state index contributed by atoms with van der Waals surface area (Å²) in [5.74, 6) is 0.724. The third-order valence-corrected chi connectivity index (χ3v) is 4.49. The van der Waals surface area contributed by atoms with Crippen molar-refractivity contribution in [2.45, 2.75) is 33.2 Å². The molecule has 0 aliphatic carbocycles. The molecule has 0 radical (unpaired) electrons. The van der Waals surface area contributed by atoms with Gasteiger partial charge in [0, 0.05) is 17.2 Å². The fraction of sp³-hybridized carbons (Fsp3) is 0.400. The van der Waals surface area contributed by atoms with E-state index >= 15 is 0 Å². The number of carbonyl (C=O) groups is 1. The molecule has 1 heterocycles. The van der Waals surface area contributed by atoms with Gasteiger partial charge in [0.25, 0.3) is 5.91 Å². The van der Waals surface area contributed by atoms with Gasteiger partial charge in [-0.25, -0.2) is 8.42 Å². The smallest absolute Gasteiger partial charge is 0.251 e. The number of hydrogen-bond acceptors (Lipinski definition) is 6. The van der Waals surface area contributed by atoms with Crippen molar-refractivity contribution in [3.05, 3.63) is 41.5 Å². The van der Waals surface area contributed by atoms with Crippen molar-refractivity contribution in [1.29, 1.82) is 0 Å². The number of nitrogens with one attached hydrogen (secondary N) is 2. The summed E-state index contributed by atoms with van der Waals surface area (Å²) in [4.78, 5) is 16.2. The Morgan fingerprint density at radius 1 is 1.25 bits per heavy atom. The van der Waals surface area contributed by atoms with E-state index in [-0.39, 0.29) is 24.1 Å². The molecule has 0 aliphatic rings. The van der Waals surface area contributed by atoms with Crippen LogP contribution < -0.4 is 10.0 Å². The molecule has 0 saturated heterocycles. The van der Waals surface area contributed by atoms with E-state index in [1.165, 1.54) is 12.1 Å². The second-order valence-electron chi connectivity index (χ2n) is 5.47. The van der Waals surface area contributed by atoms with Crippen molar-refractivity contribution in [2.75, 3.05) is 10.5 Å². The number of benzene rings is 1. The molecule has 9 heteroatoms. The zero-order valence-corrected chi connectivity index (χ0v) is 14.6. The van der Waals surface area contributed by atoms with E-state index in [9.17, 15) is 13.2 Å². The van der Waals surface area contributed by atoms with Gasteiger partial charge in [-0.1, -0.05) is 19.0 Å². The van der Waals surface area contributed by atoms with Crippen molar-refractivity contribution in [3.8, 4) is 0 Å². The Hall–Kier alpha value is -2.42. The van der Waals surface area contributed by atoms with Gasteiger partial charge in [0.1, 0.15) is 0 Å². The first-order valence-electron chi connectivity index (χ1n) is 7.52. The highest BCUT2D eigenvalue weighted by atomic mass is 32.2. The van der Waals surface area contributed by atoms with Gasteiger partial charge in [-0.3, -0.25) is 9.52 Å². The first-order valence-corrected chi connectivity index (χ1v) is 9.17. The lowest BCUT2D eigenvalue weighted by molar-refractivity contribution is 0.0949. The largest absolute Gasteiger partial charge is 0.345 e. The SMILES string of the molecule is CCS(=O)(=O)Nc1ccc(C(=O)NCc2noc(C(C)C)n2)cc1. The Labute approximate surface area is 140 Å². The van der Waals surface area contributed by atoms with E-state index in [2.05, 4.69) is 20.2 Å². The molecule has 1 aromatic carbocycles. The molecule has 1 aromatic heterocycles. The minimum Gasteiger partial charge on any atom is -0.345 e. The molecule has 2 N–H and O–H groups in total. The summed E-state index contributed by atoms with van der Waals surface area (Å²) in [5, 5.41) is 6.47. The monoisotopic (exact) mass is 352 g/mol. The second kappa shape index (κ2) is 7.43. The lowest BCUT2D eigenvalue weighted by atomic mass is 10.2. The Balaban J connectivity index is 1.94. The molecule has 130 valence electrons. The van der Waals surface area contributed by atoms with E-state index in [1.807, 2.05) is 13.8 Å². The Morgan fingerprint density at radius 3 is 2.46 bits per heavy atom. The number of amides is 1. The van der Waals surface area contributed by atoms with E-state index in [0.29, 0.717) is 23.0 Å². The molecule has 24 heavy (non-hydrogen) atoms. The van der Waals surface area contributed by atoms with Crippen molar-refractivity contribution in [2.24, 2.45) is 0 Å². The van der Waals surface area contributed by atoms with Gasteiger partial charge in [-0.2, -0.15) is 4.98 Å². The average Bonchev–Trinajstić information content (AvgIpc) is 3.02. The summed E-state index contributed by atoms with van der Waals surface area (Å²) in [6.07, 6.45) is 0. The van der Waals surface area contributed by atoms with E-state index in [1.54, 1.807) is 19.1 Å². The van der Waals surface area contributed by atoms with Gasteiger partial charge in [0.2, 0.25) is 15.9 Å². The minimum absolute atomic E-state index is 0.0156. The summed E-state index contributed by atoms with van der Waals surface area (Å²) in [6, 6.07) is 6.15. The van der Waals surface area contributed by atoms with Crippen LogP contribution in [0.5, 0.6) is 0 Å². The summed E-state index contributed by atoms with van der Waals surface area (Å²) in [5.41, 5.74) is 0.815. The standard InChI is InChI=1S/C15H20N4O4S/c1-4-24(21,22)19-12-7-5-11(6-8-12)14(20)16-9-13-17-15(10(2)3)23-18-13/h5-8,10,19H,4,9H2,1-3H3,(H,16,20). The van der Waals surface area contributed by atoms with Crippen LogP contribution in [0.25, 0.3) is 0 Å². The third-order valence-electron chi connectivity index (χ3n) is 3.19. The van der Waals surface area contributed by atoms with Gasteiger partial charge in [0.05, 0.1) is 12.3 Å². The van der Waals surface area contributed by atoms with Crippen LogP contribution in [0, 0.1) is 0 Å². The minimum atomic E-state index is -3.33. The van der Waals surface area contributed by atoms with Crippen LogP contribution in [-0.4, -0.2) is 30.2 Å². The van der Waals surface area contributed by atoms with Crippen LogP contribution in [0.15, 0.2) is 28.8 Å². The number of rotatable bonds is 7. The quantitative estimate of drug-likeness (QED) is 0.786. The van der Waals surface area contributed by atoms with Gasteiger partial charge in [0.15, 0.2) is 5.82 Å². The second-order valence-corrected chi connectivity index (χ2v) is 7.48. The molecule has 1 amide bonds. The van der Waals surface area contributed by atoms with Crippen LogP contribution in [0.2, 0.25) is 0 Å². The highest BCUT2D eigenvalue weighted by Crippen LogP contribution is 2.12. The third kappa shape index (κ3) is 4.79. The van der Waals surface area contributed by atoms with Crippen LogP contribution >= 0.6 is 0 Å². The highest BCUT2D eigenvalue weighted by molar-refractivity contribution is 7.92. The first kappa shape index (κ1) is 17.9. The number of nitrogens with zero attached hydrogens (tertiary/aromatic N) is 2. The molecular weight excluding hydrogens is 332 g/mol. The Morgan fingerprint density at radius 2 is 1.92 bits per heavy atom. The first-order chi connectivity index (χ1) is 11.3. The molecule has 0 aliphatic heterocycles. The van der Waals surface area contributed by atoms with Gasteiger partial charge in [-0.05, 0) is 31.2 Å². The average molecular weight is 352 g/mol. The fourth-order valence-electron chi connectivity index (χ4n) is 1.78. The maximum absolute atomic E-state index is 12.1. The van der Waals surface area contributed by atoms with Crippen molar-refractivity contribution in [1.82, 2.24) is 15.5 Å².